The number of hydrogen-bond acceptors (Lipinski definition) is 0. The predicted molar refractivity (Wildman–Crippen MR) is 107 cm³/mol. The van der Waals surface area contributed by atoms with E-state index < -0.39 is 0 Å². The number of rotatable bonds is 4. The molecule has 25 heavy (non-hydrogen) atoms. The van der Waals surface area contributed by atoms with Crippen molar-refractivity contribution in [3.63, 3.8) is 0 Å². The third-order valence-corrected chi connectivity index (χ3v) is 4.53. The van der Waals surface area contributed by atoms with Crippen molar-refractivity contribution < 1.29 is 0 Å². The summed E-state index contributed by atoms with van der Waals surface area (Å²) in [5.41, 5.74) is 7.82. The Kier molecular flexibility index (Phi) is 4.43. The molecule has 0 heteroatoms. The smallest absolute Gasteiger partial charge is 0.00194 e. The molecule has 4 aromatic rings. The molecule has 0 aliphatic rings. The Morgan fingerprint density at radius 1 is 0.440 bits per heavy atom. The maximum Gasteiger partial charge on any atom is -0.00194 e. The minimum Gasteiger partial charge on any atom is -0.0622 e. The first-order chi connectivity index (χ1) is 12.4. The van der Waals surface area contributed by atoms with Gasteiger partial charge in [-0.2, -0.15) is 0 Å². The monoisotopic (exact) mass is 320 g/mol. The third kappa shape index (κ3) is 3.54. The van der Waals surface area contributed by atoms with E-state index in [-0.39, 0.29) is 0 Å². The van der Waals surface area contributed by atoms with Gasteiger partial charge in [-0.1, -0.05) is 109 Å². The minimum atomic E-state index is 0.936. The Balaban J connectivity index is 1.68. The van der Waals surface area contributed by atoms with Crippen molar-refractivity contribution in [2.75, 3.05) is 0 Å². The molecule has 0 heterocycles. The summed E-state index contributed by atoms with van der Waals surface area (Å²) in [5.74, 6) is 0. The first-order valence-corrected chi connectivity index (χ1v) is 8.68. The fourth-order valence-corrected chi connectivity index (χ4v) is 3.29. The van der Waals surface area contributed by atoms with Crippen LogP contribution in [0.15, 0.2) is 109 Å². The zero-order valence-corrected chi connectivity index (χ0v) is 14.1. The molecule has 0 aromatic heterocycles. The van der Waals surface area contributed by atoms with Gasteiger partial charge in [0.05, 0.1) is 0 Å². The lowest BCUT2D eigenvalue weighted by Gasteiger charge is -2.11. The Labute approximate surface area is 149 Å². The Morgan fingerprint density at radius 2 is 1.04 bits per heavy atom. The first-order valence-electron chi connectivity index (χ1n) is 8.68. The molecule has 0 saturated carbocycles. The lowest BCUT2D eigenvalue weighted by Crippen LogP contribution is -1.92. The highest BCUT2D eigenvalue weighted by atomic mass is 14.1. The molecule has 0 aliphatic carbocycles. The van der Waals surface area contributed by atoms with Crippen LogP contribution in [0.25, 0.3) is 22.3 Å². The quantitative estimate of drug-likeness (QED) is 0.397. The second-order valence-corrected chi connectivity index (χ2v) is 6.27. The standard InChI is InChI=1S/C25H20/c1-3-11-21(12-4-1)23-16-9-10-20(18-23)19-24-15-7-8-17-25(24)22-13-5-2-6-14-22/h1-18H,19H2. The number of benzene rings is 4. The molecule has 0 unspecified atom stereocenters. The molecule has 0 bridgehead atoms. The van der Waals surface area contributed by atoms with E-state index in [1.54, 1.807) is 0 Å². The van der Waals surface area contributed by atoms with E-state index in [0.717, 1.165) is 6.42 Å². The summed E-state index contributed by atoms with van der Waals surface area (Å²) in [7, 11) is 0. The van der Waals surface area contributed by atoms with Gasteiger partial charge in [0, 0.05) is 0 Å². The molecule has 0 fully saturated rings. The fourth-order valence-electron chi connectivity index (χ4n) is 3.29. The van der Waals surface area contributed by atoms with Crippen LogP contribution in [0.5, 0.6) is 0 Å². The average molecular weight is 320 g/mol. The van der Waals surface area contributed by atoms with Gasteiger partial charge in [0.2, 0.25) is 0 Å². The van der Waals surface area contributed by atoms with Crippen molar-refractivity contribution >= 4 is 0 Å². The molecule has 0 atom stereocenters. The van der Waals surface area contributed by atoms with Crippen LogP contribution >= 0.6 is 0 Å². The van der Waals surface area contributed by atoms with Gasteiger partial charge in [0.1, 0.15) is 0 Å². The van der Waals surface area contributed by atoms with Crippen molar-refractivity contribution in [1.29, 1.82) is 0 Å². The maximum atomic E-state index is 2.30. The van der Waals surface area contributed by atoms with Crippen molar-refractivity contribution in [2.45, 2.75) is 6.42 Å². The summed E-state index contributed by atoms with van der Waals surface area (Å²) < 4.78 is 0. The molecule has 0 amide bonds. The van der Waals surface area contributed by atoms with Crippen molar-refractivity contribution in [1.82, 2.24) is 0 Å². The van der Waals surface area contributed by atoms with E-state index in [1.165, 1.54) is 33.4 Å². The van der Waals surface area contributed by atoms with E-state index in [0.29, 0.717) is 0 Å². The van der Waals surface area contributed by atoms with Gasteiger partial charge in [-0.3, -0.25) is 0 Å². The normalized spacial score (nSPS) is 10.6. The van der Waals surface area contributed by atoms with Gasteiger partial charge in [-0.25, -0.2) is 0 Å². The highest BCUT2D eigenvalue weighted by molar-refractivity contribution is 5.68. The summed E-state index contributed by atoms with van der Waals surface area (Å²) in [6, 6.07) is 38.7. The molecule has 0 N–H and O–H groups in total. The van der Waals surface area contributed by atoms with Crippen LogP contribution in [-0.4, -0.2) is 0 Å². The molecule has 0 aliphatic heterocycles. The van der Waals surface area contributed by atoms with Crippen molar-refractivity contribution in [2.24, 2.45) is 0 Å². The molecular formula is C25H20. The summed E-state index contributed by atoms with van der Waals surface area (Å²) >= 11 is 0. The van der Waals surface area contributed by atoms with Crippen LogP contribution in [0.3, 0.4) is 0 Å². The summed E-state index contributed by atoms with van der Waals surface area (Å²) in [6.45, 7) is 0. The molecule has 0 nitrogen and oxygen atoms in total. The summed E-state index contributed by atoms with van der Waals surface area (Å²) in [6.07, 6.45) is 0.936. The topological polar surface area (TPSA) is 0 Å². The average Bonchev–Trinajstić information content (AvgIpc) is 2.70. The molecule has 120 valence electrons. The third-order valence-electron chi connectivity index (χ3n) is 4.53. The predicted octanol–water partition coefficient (Wildman–Crippen LogP) is 6.61. The van der Waals surface area contributed by atoms with Gasteiger partial charge in [0.15, 0.2) is 0 Å². The van der Waals surface area contributed by atoms with Crippen LogP contribution in [0, 0.1) is 0 Å². The molecule has 0 spiro atoms. The Bertz CT molecular complexity index is 953. The molecule has 0 radical (unpaired) electrons. The second-order valence-electron chi connectivity index (χ2n) is 6.27. The molecule has 4 aromatic carbocycles. The Morgan fingerprint density at radius 3 is 1.80 bits per heavy atom. The van der Waals surface area contributed by atoms with Gasteiger partial charge in [-0.05, 0) is 39.8 Å². The van der Waals surface area contributed by atoms with Gasteiger partial charge < -0.3 is 0 Å². The maximum absolute atomic E-state index is 2.30. The van der Waals surface area contributed by atoms with Gasteiger partial charge in [0.25, 0.3) is 0 Å². The summed E-state index contributed by atoms with van der Waals surface area (Å²) in [5, 5.41) is 0. The molecule has 0 saturated heterocycles. The van der Waals surface area contributed by atoms with E-state index in [4.69, 9.17) is 0 Å². The zero-order chi connectivity index (χ0) is 16.9. The van der Waals surface area contributed by atoms with Crippen LogP contribution in [-0.2, 0) is 6.42 Å². The largest absolute Gasteiger partial charge is 0.0622 e. The lowest BCUT2D eigenvalue weighted by atomic mass is 9.93. The van der Waals surface area contributed by atoms with Crippen LogP contribution in [0.2, 0.25) is 0 Å². The highest BCUT2D eigenvalue weighted by Gasteiger charge is 2.06. The minimum absolute atomic E-state index is 0.936. The van der Waals surface area contributed by atoms with E-state index >= 15 is 0 Å². The van der Waals surface area contributed by atoms with Crippen LogP contribution < -0.4 is 0 Å². The van der Waals surface area contributed by atoms with E-state index in [2.05, 4.69) is 109 Å². The lowest BCUT2D eigenvalue weighted by molar-refractivity contribution is 1.20. The SMILES string of the molecule is c1ccc(-c2cccc(Cc3ccccc3-c3ccccc3)c2)cc1. The molecular weight excluding hydrogens is 300 g/mol. The van der Waals surface area contributed by atoms with Crippen LogP contribution in [0.4, 0.5) is 0 Å². The van der Waals surface area contributed by atoms with Gasteiger partial charge >= 0.3 is 0 Å². The van der Waals surface area contributed by atoms with Gasteiger partial charge in [-0.15, -0.1) is 0 Å². The fraction of sp³-hybridized carbons (Fsp3) is 0.0400. The van der Waals surface area contributed by atoms with E-state index in [1.807, 2.05) is 0 Å². The summed E-state index contributed by atoms with van der Waals surface area (Å²) in [4.78, 5) is 0. The van der Waals surface area contributed by atoms with Crippen molar-refractivity contribution in [3.05, 3.63) is 120 Å². The Hall–Kier alpha value is -3.12. The zero-order valence-electron chi connectivity index (χ0n) is 14.1. The first kappa shape index (κ1) is 15.4. The molecule has 4 rings (SSSR count). The van der Waals surface area contributed by atoms with Crippen LogP contribution in [0.1, 0.15) is 11.1 Å². The highest BCUT2D eigenvalue weighted by Crippen LogP contribution is 2.27. The number of hydrogen-bond donors (Lipinski definition) is 0. The van der Waals surface area contributed by atoms with E-state index in [9.17, 15) is 0 Å². The second kappa shape index (κ2) is 7.19. The van der Waals surface area contributed by atoms with Crippen molar-refractivity contribution in [3.8, 4) is 22.3 Å².